The first-order chi connectivity index (χ1) is 8.63. The highest BCUT2D eigenvalue weighted by Crippen LogP contribution is 2.25. The first-order valence-electron chi connectivity index (χ1n) is 6.66. The van der Waals surface area contributed by atoms with Crippen LogP contribution in [0.3, 0.4) is 0 Å². The smallest absolute Gasteiger partial charge is 0.157 e. The molecule has 0 aliphatic carbocycles. The summed E-state index contributed by atoms with van der Waals surface area (Å²) < 4.78 is 0. The SMILES string of the molecule is CCCCCCC(=O)CCc1ccc(O)c(O)c1. The van der Waals surface area contributed by atoms with Gasteiger partial charge in [-0.05, 0) is 30.5 Å². The Kier molecular flexibility index (Phi) is 6.26. The van der Waals surface area contributed by atoms with Crippen LogP contribution in [-0.4, -0.2) is 16.0 Å². The molecule has 0 radical (unpaired) electrons. The molecule has 0 saturated carbocycles. The zero-order chi connectivity index (χ0) is 13.4. The van der Waals surface area contributed by atoms with Gasteiger partial charge in [0.25, 0.3) is 0 Å². The van der Waals surface area contributed by atoms with Crippen LogP contribution in [0.2, 0.25) is 0 Å². The maximum absolute atomic E-state index is 11.6. The lowest BCUT2D eigenvalue weighted by molar-refractivity contribution is -0.119. The van der Waals surface area contributed by atoms with Crippen LogP contribution in [0.15, 0.2) is 18.2 Å². The van der Waals surface area contributed by atoms with E-state index < -0.39 is 0 Å². The third kappa shape index (κ3) is 5.21. The zero-order valence-corrected chi connectivity index (χ0v) is 11.0. The van der Waals surface area contributed by atoms with Crippen LogP contribution >= 0.6 is 0 Å². The Balaban J connectivity index is 2.27. The summed E-state index contributed by atoms with van der Waals surface area (Å²) in [7, 11) is 0. The van der Waals surface area contributed by atoms with Crippen molar-refractivity contribution in [1.29, 1.82) is 0 Å². The quantitative estimate of drug-likeness (QED) is 0.547. The number of Topliss-reactive ketones (excluding diaryl/α,β-unsaturated/α-hetero) is 1. The predicted molar refractivity (Wildman–Crippen MR) is 71.9 cm³/mol. The Hall–Kier alpha value is -1.51. The van der Waals surface area contributed by atoms with Crippen LogP contribution in [0.4, 0.5) is 0 Å². The molecule has 3 nitrogen and oxygen atoms in total. The van der Waals surface area contributed by atoms with E-state index in [4.69, 9.17) is 0 Å². The lowest BCUT2D eigenvalue weighted by Gasteiger charge is -2.03. The van der Waals surface area contributed by atoms with Gasteiger partial charge in [0.2, 0.25) is 0 Å². The van der Waals surface area contributed by atoms with Crippen molar-refractivity contribution in [2.45, 2.75) is 51.9 Å². The standard InChI is InChI=1S/C15H22O3/c1-2-3-4-5-6-13(16)9-7-12-8-10-14(17)15(18)11-12/h8,10-11,17-18H,2-7,9H2,1H3. The van der Waals surface area contributed by atoms with E-state index in [1.165, 1.54) is 25.0 Å². The summed E-state index contributed by atoms with van der Waals surface area (Å²) in [6.45, 7) is 2.15. The van der Waals surface area contributed by atoms with E-state index in [-0.39, 0.29) is 17.3 Å². The number of benzene rings is 1. The second-order valence-corrected chi connectivity index (χ2v) is 4.67. The van der Waals surface area contributed by atoms with Crippen molar-refractivity contribution >= 4 is 5.78 Å². The summed E-state index contributed by atoms with van der Waals surface area (Å²) in [4.78, 5) is 11.6. The molecule has 0 unspecified atom stereocenters. The monoisotopic (exact) mass is 250 g/mol. The Morgan fingerprint density at radius 3 is 2.50 bits per heavy atom. The number of aromatic hydroxyl groups is 2. The van der Waals surface area contributed by atoms with Crippen molar-refractivity contribution in [2.24, 2.45) is 0 Å². The van der Waals surface area contributed by atoms with Crippen LogP contribution in [0.5, 0.6) is 11.5 Å². The van der Waals surface area contributed by atoms with E-state index >= 15 is 0 Å². The Morgan fingerprint density at radius 1 is 1.06 bits per heavy atom. The van der Waals surface area contributed by atoms with Crippen LogP contribution < -0.4 is 0 Å². The van der Waals surface area contributed by atoms with E-state index in [1.54, 1.807) is 6.07 Å². The highest BCUT2D eigenvalue weighted by atomic mass is 16.3. The topological polar surface area (TPSA) is 57.5 Å². The van der Waals surface area contributed by atoms with Crippen LogP contribution in [0, 0.1) is 0 Å². The van der Waals surface area contributed by atoms with Crippen molar-refractivity contribution in [2.75, 3.05) is 0 Å². The number of phenols is 2. The first kappa shape index (κ1) is 14.6. The fourth-order valence-electron chi connectivity index (χ4n) is 1.88. The molecule has 0 fully saturated rings. The van der Waals surface area contributed by atoms with Crippen molar-refractivity contribution in [1.82, 2.24) is 0 Å². The van der Waals surface area contributed by atoms with Crippen LogP contribution in [0.25, 0.3) is 0 Å². The Labute approximate surface area is 108 Å². The van der Waals surface area contributed by atoms with Gasteiger partial charge in [-0.25, -0.2) is 0 Å². The number of hydrogen-bond donors (Lipinski definition) is 2. The molecule has 0 spiro atoms. The van der Waals surface area contributed by atoms with Crippen molar-refractivity contribution < 1.29 is 15.0 Å². The van der Waals surface area contributed by atoms with Crippen LogP contribution in [0.1, 0.15) is 51.0 Å². The second kappa shape index (κ2) is 7.75. The summed E-state index contributed by atoms with van der Waals surface area (Å²) in [5, 5.41) is 18.5. The summed E-state index contributed by atoms with van der Waals surface area (Å²) in [5.74, 6) is 0.0335. The van der Waals surface area contributed by atoms with Crippen molar-refractivity contribution in [3.05, 3.63) is 23.8 Å². The molecule has 0 heterocycles. The van der Waals surface area contributed by atoms with Gasteiger partial charge in [0.05, 0.1) is 0 Å². The number of phenolic OH excluding ortho intramolecular Hbond substituents is 2. The predicted octanol–water partition coefficient (Wildman–Crippen LogP) is 3.57. The number of carbonyl (C=O) groups excluding carboxylic acids is 1. The van der Waals surface area contributed by atoms with E-state index in [1.807, 2.05) is 0 Å². The minimum Gasteiger partial charge on any atom is -0.504 e. The van der Waals surface area contributed by atoms with Gasteiger partial charge in [-0.2, -0.15) is 0 Å². The van der Waals surface area contributed by atoms with Gasteiger partial charge in [0.1, 0.15) is 5.78 Å². The molecule has 3 heteroatoms. The average molecular weight is 250 g/mol. The molecule has 2 N–H and O–H groups in total. The van der Waals surface area contributed by atoms with Crippen molar-refractivity contribution in [3.63, 3.8) is 0 Å². The number of hydrogen-bond acceptors (Lipinski definition) is 3. The molecule has 0 aliphatic heterocycles. The lowest BCUT2D eigenvalue weighted by Crippen LogP contribution is -2.00. The summed E-state index contributed by atoms with van der Waals surface area (Å²) in [6, 6.07) is 4.70. The fraction of sp³-hybridized carbons (Fsp3) is 0.533. The van der Waals surface area contributed by atoms with Gasteiger partial charge in [0.15, 0.2) is 11.5 Å². The number of unbranched alkanes of at least 4 members (excludes halogenated alkanes) is 3. The maximum atomic E-state index is 11.6. The van der Waals surface area contributed by atoms with E-state index in [0.717, 1.165) is 18.4 Å². The van der Waals surface area contributed by atoms with Gasteiger partial charge >= 0.3 is 0 Å². The molecule has 1 aromatic rings. The highest BCUT2D eigenvalue weighted by Gasteiger charge is 2.05. The molecule has 1 rings (SSSR count). The maximum Gasteiger partial charge on any atom is 0.157 e. The lowest BCUT2D eigenvalue weighted by atomic mass is 10.0. The zero-order valence-electron chi connectivity index (χ0n) is 11.0. The molecule has 0 aliphatic rings. The molecule has 18 heavy (non-hydrogen) atoms. The molecule has 0 saturated heterocycles. The average Bonchev–Trinajstić information content (AvgIpc) is 2.36. The molecule has 1 aromatic carbocycles. The normalized spacial score (nSPS) is 10.5. The van der Waals surface area contributed by atoms with Crippen molar-refractivity contribution in [3.8, 4) is 11.5 Å². The summed E-state index contributed by atoms with van der Waals surface area (Å²) >= 11 is 0. The van der Waals surface area contributed by atoms with Crippen LogP contribution in [-0.2, 0) is 11.2 Å². The molecular weight excluding hydrogens is 228 g/mol. The first-order valence-corrected chi connectivity index (χ1v) is 6.66. The minimum absolute atomic E-state index is 0.121. The van der Waals surface area contributed by atoms with Gasteiger partial charge in [-0.15, -0.1) is 0 Å². The number of aryl methyl sites for hydroxylation is 1. The Morgan fingerprint density at radius 2 is 1.83 bits per heavy atom. The second-order valence-electron chi connectivity index (χ2n) is 4.67. The number of carbonyl (C=O) groups is 1. The largest absolute Gasteiger partial charge is 0.504 e. The molecular formula is C15H22O3. The molecule has 0 amide bonds. The van der Waals surface area contributed by atoms with Gasteiger partial charge < -0.3 is 10.2 Å². The summed E-state index contributed by atoms with van der Waals surface area (Å²) in [5.41, 5.74) is 0.882. The highest BCUT2D eigenvalue weighted by molar-refractivity contribution is 5.78. The third-order valence-electron chi connectivity index (χ3n) is 3.04. The molecule has 0 bridgehead atoms. The summed E-state index contributed by atoms with van der Waals surface area (Å²) in [6.07, 6.45) is 6.27. The number of rotatable bonds is 8. The van der Waals surface area contributed by atoms with Gasteiger partial charge in [-0.1, -0.05) is 32.3 Å². The minimum atomic E-state index is -0.122. The third-order valence-corrected chi connectivity index (χ3v) is 3.04. The van der Waals surface area contributed by atoms with E-state index in [2.05, 4.69) is 6.92 Å². The molecule has 100 valence electrons. The molecule has 0 atom stereocenters. The number of ketones is 1. The van der Waals surface area contributed by atoms with E-state index in [9.17, 15) is 15.0 Å². The fourth-order valence-corrected chi connectivity index (χ4v) is 1.88. The molecule has 0 aromatic heterocycles. The van der Waals surface area contributed by atoms with Gasteiger partial charge in [-0.3, -0.25) is 4.79 Å². The Bertz CT molecular complexity index is 385. The van der Waals surface area contributed by atoms with Gasteiger partial charge in [0, 0.05) is 12.8 Å². The van der Waals surface area contributed by atoms with E-state index in [0.29, 0.717) is 19.3 Å².